The van der Waals surface area contributed by atoms with Crippen molar-refractivity contribution in [1.29, 1.82) is 0 Å². The lowest BCUT2D eigenvalue weighted by molar-refractivity contribution is 0.0406. The molecule has 4 aromatic rings. The highest BCUT2D eigenvalue weighted by Crippen LogP contribution is 2.28. The minimum absolute atomic E-state index is 0.0189. The molecule has 1 saturated heterocycles. The number of carbonyl (C=O) groups excluding carboxylic acids is 1. The van der Waals surface area contributed by atoms with Crippen LogP contribution < -0.4 is 0 Å². The normalized spacial score (nSPS) is 17.3. The van der Waals surface area contributed by atoms with E-state index in [1.54, 1.807) is 54.7 Å². The summed E-state index contributed by atoms with van der Waals surface area (Å²) in [4.78, 5) is 21.9. The number of carbonyl (C=O) groups is 1. The van der Waals surface area contributed by atoms with E-state index in [0.29, 0.717) is 36.3 Å². The Morgan fingerprint density at radius 2 is 1.82 bits per heavy atom. The molecule has 0 saturated carbocycles. The first-order valence-corrected chi connectivity index (χ1v) is 14.8. The molecule has 1 amide bonds. The summed E-state index contributed by atoms with van der Waals surface area (Å²) in [7, 11) is -3.64. The van der Waals surface area contributed by atoms with Gasteiger partial charge in [-0.1, -0.05) is 48.0 Å². The van der Waals surface area contributed by atoms with E-state index in [4.69, 9.17) is 11.6 Å². The predicted molar refractivity (Wildman–Crippen MR) is 151 cm³/mol. The van der Waals surface area contributed by atoms with Crippen LogP contribution >= 0.6 is 11.6 Å². The van der Waals surface area contributed by atoms with Crippen molar-refractivity contribution in [3.8, 4) is 0 Å². The van der Waals surface area contributed by atoms with Gasteiger partial charge in [-0.2, -0.15) is 0 Å². The summed E-state index contributed by atoms with van der Waals surface area (Å²) in [6, 6.07) is 20.3. The maximum Gasteiger partial charge on any atom is 0.254 e. The van der Waals surface area contributed by atoms with Crippen LogP contribution in [0.15, 0.2) is 83.9 Å². The Kier molecular flexibility index (Phi) is 7.71. The molecule has 1 aliphatic heterocycles. The Morgan fingerprint density at radius 3 is 2.54 bits per heavy atom. The molecule has 1 aromatic heterocycles. The summed E-state index contributed by atoms with van der Waals surface area (Å²) in [6.07, 6.45) is 1.58. The number of benzene rings is 3. The third-order valence-electron chi connectivity index (χ3n) is 7.38. The van der Waals surface area contributed by atoms with Crippen LogP contribution in [-0.2, 0) is 15.6 Å². The smallest absolute Gasteiger partial charge is 0.254 e. The molecule has 6 nitrogen and oxygen atoms in total. The van der Waals surface area contributed by atoms with Crippen LogP contribution in [0.1, 0.15) is 41.4 Å². The number of rotatable bonds is 6. The summed E-state index contributed by atoms with van der Waals surface area (Å²) < 4.78 is 40.4. The monoisotopic (exact) mass is 565 g/mol. The molecule has 1 fully saturated rings. The van der Waals surface area contributed by atoms with Crippen molar-refractivity contribution in [3.63, 3.8) is 0 Å². The fourth-order valence-electron chi connectivity index (χ4n) is 5.16. The lowest BCUT2D eigenvalue weighted by Crippen LogP contribution is -2.54. The van der Waals surface area contributed by atoms with Crippen LogP contribution in [-0.4, -0.2) is 54.8 Å². The van der Waals surface area contributed by atoms with Crippen molar-refractivity contribution in [2.75, 3.05) is 19.6 Å². The molecule has 39 heavy (non-hydrogen) atoms. The second-order valence-corrected chi connectivity index (χ2v) is 12.3. The Morgan fingerprint density at radius 1 is 1.08 bits per heavy atom. The van der Waals surface area contributed by atoms with E-state index in [1.807, 2.05) is 36.9 Å². The van der Waals surface area contributed by atoms with Crippen molar-refractivity contribution >= 4 is 38.2 Å². The first-order valence-electron chi connectivity index (χ1n) is 12.8. The van der Waals surface area contributed by atoms with Gasteiger partial charge in [0.1, 0.15) is 5.82 Å². The van der Waals surface area contributed by atoms with Gasteiger partial charge in [0.05, 0.1) is 21.2 Å². The lowest BCUT2D eigenvalue weighted by Gasteiger charge is -2.42. The minimum Gasteiger partial charge on any atom is -0.333 e. The second-order valence-electron chi connectivity index (χ2n) is 9.98. The largest absolute Gasteiger partial charge is 0.333 e. The molecule has 0 bridgehead atoms. The highest BCUT2D eigenvalue weighted by molar-refractivity contribution is 7.90. The first kappa shape index (κ1) is 27.2. The number of aromatic nitrogens is 1. The standard InChI is InChI=1S/C30H29ClFN3O3S/c1-20-18-34(21(2)25-12-13-26(31)27(32)17-25)15-16-35(20)30(36)24-10-8-22(9-11-24)19-39(37,38)28-7-3-5-23-6-4-14-33-29(23)28/h3-14,17,20-21H,15-16,18-19H2,1-2H3/t20-,21?/m0/s1. The molecule has 1 unspecified atom stereocenters. The minimum atomic E-state index is -3.64. The average Bonchev–Trinajstić information content (AvgIpc) is 2.93. The van der Waals surface area contributed by atoms with Crippen LogP contribution in [0.25, 0.3) is 10.9 Å². The van der Waals surface area contributed by atoms with Crippen LogP contribution in [0.2, 0.25) is 5.02 Å². The molecule has 0 aliphatic carbocycles. The Bertz CT molecular complexity index is 1620. The molecule has 2 heterocycles. The number of fused-ring (bicyclic) bond motifs is 1. The van der Waals surface area contributed by atoms with E-state index < -0.39 is 15.7 Å². The zero-order valence-electron chi connectivity index (χ0n) is 21.7. The van der Waals surface area contributed by atoms with Gasteiger partial charge in [0.15, 0.2) is 9.84 Å². The number of nitrogens with zero attached hydrogens (tertiary/aromatic N) is 3. The lowest BCUT2D eigenvalue weighted by atomic mass is 10.0. The number of piperazine rings is 1. The molecule has 5 rings (SSSR count). The molecule has 0 spiro atoms. The van der Waals surface area contributed by atoms with Crippen LogP contribution in [0.5, 0.6) is 0 Å². The Balaban J connectivity index is 1.25. The number of hydrogen-bond acceptors (Lipinski definition) is 5. The van der Waals surface area contributed by atoms with Gasteiger partial charge < -0.3 is 4.90 Å². The third kappa shape index (κ3) is 5.69. The average molecular weight is 566 g/mol. The van der Waals surface area contributed by atoms with Crippen molar-refractivity contribution < 1.29 is 17.6 Å². The van der Waals surface area contributed by atoms with Gasteiger partial charge in [-0.05, 0) is 61.4 Å². The topological polar surface area (TPSA) is 70.6 Å². The first-order chi connectivity index (χ1) is 18.6. The van der Waals surface area contributed by atoms with E-state index in [0.717, 1.165) is 10.9 Å². The number of hydrogen-bond donors (Lipinski definition) is 0. The molecular weight excluding hydrogens is 537 g/mol. The van der Waals surface area contributed by atoms with Gasteiger partial charge in [0, 0.05) is 48.9 Å². The van der Waals surface area contributed by atoms with E-state index in [2.05, 4.69) is 9.88 Å². The molecule has 9 heteroatoms. The summed E-state index contributed by atoms with van der Waals surface area (Å²) in [5.41, 5.74) is 2.40. The van der Waals surface area contributed by atoms with E-state index >= 15 is 0 Å². The SMILES string of the molecule is CC(c1ccc(Cl)c(F)c1)N1CCN(C(=O)c2ccc(CS(=O)(=O)c3cccc4cccnc34)cc2)[C@@H](C)C1. The maximum absolute atomic E-state index is 14.0. The van der Waals surface area contributed by atoms with Gasteiger partial charge >= 0.3 is 0 Å². The molecule has 0 radical (unpaired) electrons. The van der Waals surface area contributed by atoms with Crippen LogP contribution in [0.4, 0.5) is 4.39 Å². The molecule has 2 atom stereocenters. The molecular formula is C30H29ClFN3O3S. The van der Waals surface area contributed by atoms with E-state index in [-0.39, 0.29) is 33.7 Å². The highest BCUT2D eigenvalue weighted by Gasteiger charge is 2.31. The van der Waals surface area contributed by atoms with Crippen LogP contribution in [0, 0.1) is 5.82 Å². The molecule has 0 N–H and O–H groups in total. The van der Waals surface area contributed by atoms with Gasteiger partial charge in [0.25, 0.3) is 5.91 Å². The number of pyridine rings is 1. The molecule has 202 valence electrons. The number of amides is 1. The summed E-state index contributed by atoms with van der Waals surface area (Å²) >= 11 is 5.83. The summed E-state index contributed by atoms with van der Waals surface area (Å²) in [5, 5.41) is 0.868. The number of para-hydroxylation sites is 1. The van der Waals surface area contributed by atoms with Crippen molar-refractivity contribution in [1.82, 2.24) is 14.8 Å². The van der Waals surface area contributed by atoms with Gasteiger partial charge in [-0.3, -0.25) is 14.7 Å². The van der Waals surface area contributed by atoms with E-state index in [1.165, 1.54) is 6.07 Å². The fraction of sp³-hybridized carbons (Fsp3) is 0.267. The zero-order valence-corrected chi connectivity index (χ0v) is 23.3. The highest BCUT2D eigenvalue weighted by atomic mass is 35.5. The predicted octanol–water partition coefficient (Wildman–Crippen LogP) is 5.91. The van der Waals surface area contributed by atoms with Gasteiger partial charge in [0.2, 0.25) is 0 Å². The summed E-state index contributed by atoms with van der Waals surface area (Å²) in [5.74, 6) is -0.719. The molecule has 1 aliphatic rings. The maximum atomic E-state index is 14.0. The van der Waals surface area contributed by atoms with Gasteiger partial charge in [-0.15, -0.1) is 0 Å². The summed E-state index contributed by atoms with van der Waals surface area (Å²) in [6.45, 7) is 5.85. The number of halogens is 2. The quantitative estimate of drug-likeness (QED) is 0.291. The van der Waals surface area contributed by atoms with Crippen molar-refractivity contribution in [2.45, 2.75) is 36.6 Å². The van der Waals surface area contributed by atoms with Crippen LogP contribution in [0.3, 0.4) is 0 Å². The Hall–Kier alpha value is -3.33. The van der Waals surface area contributed by atoms with Gasteiger partial charge in [-0.25, -0.2) is 12.8 Å². The second kappa shape index (κ2) is 11.0. The van der Waals surface area contributed by atoms with Crippen molar-refractivity contribution in [3.05, 3.63) is 107 Å². The van der Waals surface area contributed by atoms with E-state index in [9.17, 15) is 17.6 Å². The molecule has 3 aromatic carbocycles. The Labute approximate surface area is 233 Å². The zero-order chi connectivity index (χ0) is 27.7. The third-order valence-corrected chi connectivity index (χ3v) is 9.40. The van der Waals surface area contributed by atoms with Crippen molar-refractivity contribution in [2.24, 2.45) is 0 Å². The fourth-order valence-corrected chi connectivity index (χ4v) is 6.81. The number of sulfone groups is 1.